The highest BCUT2D eigenvalue weighted by Crippen LogP contribution is 2.30. The minimum atomic E-state index is -0.334. The molecule has 1 N–H and O–H groups in total. The highest BCUT2D eigenvalue weighted by atomic mass is 35.5. The number of nitrogens with zero attached hydrogens (tertiary/aromatic N) is 4. The quantitative estimate of drug-likeness (QED) is 0.640. The summed E-state index contributed by atoms with van der Waals surface area (Å²) < 4.78 is 1.86. The number of aromatic nitrogens is 2. The Balaban J connectivity index is 1.55. The van der Waals surface area contributed by atoms with Crippen molar-refractivity contribution >= 4 is 23.4 Å². The predicted molar refractivity (Wildman–Crippen MR) is 124 cm³/mol. The first-order valence-electron chi connectivity index (χ1n) is 11.6. The maximum Gasteiger partial charge on any atom is 0.272 e. The van der Waals surface area contributed by atoms with Crippen molar-refractivity contribution in [3.63, 3.8) is 0 Å². The third-order valence-electron chi connectivity index (χ3n) is 6.44. The lowest BCUT2D eigenvalue weighted by atomic mass is 10.0. The van der Waals surface area contributed by atoms with Crippen LogP contribution in [0.3, 0.4) is 0 Å². The number of halogens is 1. The zero-order chi connectivity index (χ0) is 22.7. The summed E-state index contributed by atoms with van der Waals surface area (Å²) in [4.78, 5) is 29.6. The third kappa shape index (κ3) is 4.99. The Morgan fingerprint density at radius 2 is 1.91 bits per heavy atom. The fourth-order valence-corrected chi connectivity index (χ4v) is 4.66. The molecule has 3 heterocycles. The number of unbranched alkanes of at least 4 members (excludes halogenated alkanes) is 2. The zero-order valence-corrected chi connectivity index (χ0v) is 19.3. The highest BCUT2D eigenvalue weighted by Gasteiger charge is 2.35. The molecular formula is C24H31ClN4O3. The topological polar surface area (TPSA) is 78.7 Å². The lowest BCUT2D eigenvalue weighted by Gasteiger charge is -2.36. The summed E-state index contributed by atoms with van der Waals surface area (Å²) in [6.07, 6.45) is 5.07. The van der Waals surface area contributed by atoms with Gasteiger partial charge in [0.2, 0.25) is 5.91 Å². The molecule has 1 aromatic heterocycles. The van der Waals surface area contributed by atoms with Gasteiger partial charge in [-0.15, -0.1) is 0 Å². The van der Waals surface area contributed by atoms with Crippen molar-refractivity contribution in [2.45, 2.75) is 57.6 Å². The first-order chi connectivity index (χ1) is 15.5. The van der Waals surface area contributed by atoms with Gasteiger partial charge in [0.25, 0.3) is 5.91 Å². The summed E-state index contributed by atoms with van der Waals surface area (Å²) in [6.45, 7) is 3.81. The van der Waals surface area contributed by atoms with Crippen molar-refractivity contribution in [1.82, 2.24) is 19.6 Å². The summed E-state index contributed by atoms with van der Waals surface area (Å²) >= 11 is 6.02. The molecule has 4 rings (SSSR count). The maximum atomic E-state index is 13.3. The molecule has 2 amide bonds. The molecule has 2 aromatic rings. The van der Waals surface area contributed by atoms with Crippen LogP contribution in [0, 0.1) is 0 Å². The van der Waals surface area contributed by atoms with E-state index in [0.717, 1.165) is 36.9 Å². The molecule has 172 valence electrons. The number of hydrogen-bond donors (Lipinski definition) is 1. The van der Waals surface area contributed by atoms with Gasteiger partial charge in [0, 0.05) is 30.2 Å². The number of fused-ring (bicyclic) bond motifs is 1. The lowest BCUT2D eigenvalue weighted by Crippen LogP contribution is -2.50. The summed E-state index contributed by atoms with van der Waals surface area (Å²) in [5.41, 5.74) is 2.18. The molecule has 0 saturated carbocycles. The van der Waals surface area contributed by atoms with E-state index in [1.165, 1.54) is 0 Å². The Bertz CT molecular complexity index is 951. The molecule has 2 aliphatic rings. The Labute approximate surface area is 193 Å². The molecule has 0 radical (unpaired) electrons. The largest absolute Gasteiger partial charge is 0.393 e. The number of hydrogen-bond acceptors (Lipinski definition) is 4. The molecule has 1 unspecified atom stereocenters. The number of rotatable bonds is 7. The second-order valence-corrected chi connectivity index (χ2v) is 9.25. The van der Waals surface area contributed by atoms with Gasteiger partial charge in [-0.1, -0.05) is 49.9 Å². The van der Waals surface area contributed by atoms with Crippen molar-refractivity contribution in [2.75, 3.05) is 26.2 Å². The van der Waals surface area contributed by atoms with Crippen LogP contribution >= 0.6 is 11.6 Å². The van der Waals surface area contributed by atoms with Gasteiger partial charge in [-0.2, -0.15) is 5.10 Å². The first kappa shape index (κ1) is 22.8. The van der Waals surface area contributed by atoms with E-state index < -0.39 is 0 Å². The van der Waals surface area contributed by atoms with Crippen LogP contribution in [-0.4, -0.2) is 68.8 Å². The summed E-state index contributed by atoms with van der Waals surface area (Å²) in [5, 5.41) is 15.1. The Hall–Kier alpha value is -2.38. The van der Waals surface area contributed by atoms with Crippen LogP contribution in [0.2, 0.25) is 5.02 Å². The summed E-state index contributed by atoms with van der Waals surface area (Å²) in [6, 6.07) is 9.31. The molecule has 0 aliphatic carbocycles. The van der Waals surface area contributed by atoms with Gasteiger partial charge in [0.15, 0.2) is 0 Å². The molecule has 2 aliphatic heterocycles. The van der Waals surface area contributed by atoms with E-state index in [0.29, 0.717) is 43.2 Å². The number of benzene rings is 1. The molecule has 1 atom stereocenters. The van der Waals surface area contributed by atoms with Crippen molar-refractivity contribution in [3.05, 3.63) is 41.0 Å². The van der Waals surface area contributed by atoms with Crippen LogP contribution in [0.1, 0.15) is 62.0 Å². The molecule has 0 bridgehead atoms. The van der Waals surface area contributed by atoms with Gasteiger partial charge in [0.1, 0.15) is 12.2 Å². The molecule has 1 saturated heterocycles. The van der Waals surface area contributed by atoms with E-state index in [1.807, 2.05) is 35.0 Å². The zero-order valence-electron chi connectivity index (χ0n) is 18.5. The minimum absolute atomic E-state index is 0.0475. The Morgan fingerprint density at radius 1 is 1.19 bits per heavy atom. The number of carbonyl (C=O) groups excluding carboxylic acids is 2. The molecule has 1 aromatic carbocycles. The number of piperidine rings is 1. The van der Waals surface area contributed by atoms with E-state index in [1.54, 1.807) is 9.80 Å². The van der Waals surface area contributed by atoms with Crippen LogP contribution in [0.15, 0.2) is 30.3 Å². The van der Waals surface area contributed by atoms with Gasteiger partial charge >= 0.3 is 0 Å². The number of carbonyl (C=O) groups is 2. The average molecular weight is 459 g/mol. The fraction of sp³-hybridized carbons (Fsp3) is 0.542. The predicted octanol–water partition coefficient (Wildman–Crippen LogP) is 3.76. The summed E-state index contributed by atoms with van der Waals surface area (Å²) in [7, 11) is 0. The highest BCUT2D eigenvalue weighted by molar-refractivity contribution is 6.30. The molecule has 32 heavy (non-hydrogen) atoms. The monoisotopic (exact) mass is 458 g/mol. The maximum absolute atomic E-state index is 13.3. The van der Waals surface area contributed by atoms with Crippen molar-refractivity contribution < 1.29 is 14.7 Å². The van der Waals surface area contributed by atoms with Gasteiger partial charge in [-0.05, 0) is 37.5 Å². The second kappa shape index (κ2) is 10.0. The van der Waals surface area contributed by atoms with Gasteiger partial charge < -0.3 is 14.9 Å². The first-order valence-corrected chi connectivity index (χ1v) is 11.9. The van der Waals surface area contributed by atoms with Crippen LogP contribution in [0.4, 0.5) is 0 Å². The lowest BCUT2D eigenvalue weighted by molar-refractivity contribution is -0.134. The van der Waals surface area contributed by atoms with Crippen LogP contribution < -0.4 is 0 Å². The molecule has 0 spiro atoms. The van der Waals surface area contributed by atoms with Gasteiger partial charge in [-0.25, -0.2) is 0 Å². The molecule has 7 nitrogen and oxygen atoms in total. The second-order valence-electron chi connectivity index (χ2n) is 8.81. The van der Waals surface area contributed by atoms with E-state index >= 15 is 0 Å². The van der Waals surface area contributed by atoms with E-state index in [2.05, 4.69) is 6.92 Å². The summed E-state index contributed by atoms with van der Waals surface area (Å²) in [5.74, 6) is -0.210. The average Bonchev–Trinajstić information content (AvgIpc) is 3.24. The number of aliphatic hydroxyl groups excluding tert-OH is 1. The number of aliphatic hydroxyl groups is 1. The van der Waals surface area contributed by atoms with Crippen LogP contribution in [0.5, 0.6) is 0 Å². The van der Waals surface area contributed by atoms with Crippen molar-refractivity contribution in [2.24, 2.45) is 0 Å². The fourth-order valence-electron chi connectivity index (χ4n) is 4.53. The van der Waals surface area contributed by atoms with Crippen molar-refractivity contribution in [1.29, 1.82) is 0 Å². The number of likely N-dealkylation sites (tertiary alicyclic amines) is 1. The number of amides is 2. The van der Waals surface area contributed by atoms with Crippen LogP contribution in [0.25, 0.3) is 11.3 Å². The smallest absolute Gasteiger partial charge is 0.272 e. The SMILES string of the molecule is CCCCCC1CN(CC(=O)N2CCC(O)CC2)C(=O)c2cc(-c3ccc(Cl)cc3)nn21. The third-order valence-corrected chi connectivity index (χ3v) is 6.70. The van der Waals surface area contributed by atoms with Gasteiger partial charge in [-0.3, -0.25) is 14.3 Å². The van der Waals surface area contributed by atoms with E-state index in [-0.39, 0.29) is 30.5 Å². The van der Waals surface area contributed by atoms with Crippen LogP contribution in [-0.2, 0) is 4.79 Å². The standard InChI is InChI=1S/C24H31ClN4O3/c1-2-3-4-5-19-15-28(16-23(31)27-12-10-20(30)11-13-27)24(32)22-14-21(26-29(19)22)17-6-8-18(25)9-7-17/h6-9,14,19-20,30H,2-5,10-13,15-16H2,1H3. The normalized spacial score (nSPS) is 19.3. The molecule has 1 fully saturated rings. The Kier molecular flexibility index (Phi) is 7.16. The Morgan fingerprint density at radius 3 is 2.59 bits per heavy atom. The van der Waals surface area contributed by atoms with Crippen molar-refractivity contribution in [3.8, 4) is 11.3 Å². The molecule has 8 heteroatoms. The minimum Gasteiger partial charge on any atom is -0.393 e. The molecular weight excluding hydrogens is 428 g/mol. The van der Waals surface area contributed by atoms with Gasteiger partial charge in [0.05, 0.1) is 17.8 Å². The van der Waals surface area contributed by atoms with E-state index in [9.17, 15) is 14.7 Å². The van der Waals surface area contributed by atoms with E-state index in [4.69, 9.17) is 16.7 Å².